The summed E-state index contributed by atoms with van der Waals surface area (Å²) in [5, 5.41) is 0. The van der Waals surface area contributed by atoms with Gasteiger partial charge < -0.3 is 19.9 Å². The van der Waals surface area contributed by atoms with Gasteiger partial charge in [-0.15, -0.1) is 0 Å². The number of nitrogen functional groups attached to an aromatic ring is 1. The van der Waals surface area contributed by atoms with E-state index in [9.17, 15) is 0 Å². The average molecular weight is 253 g/mol. The highest BCUT2D eigenvalue weighted by molar-refractivity contribution is 5.62. The average Bonchev–Trinajstić information content (AvgIpc) is 2.33. The molecule has 0 aliphatic heterocycles. The first-order chi connectivity index (χ1) is 8.65. The summed E-state index contributed by atoms with van der Waals surface area (Å²) in [5.41, 5.74) is 6.49. The lowest BCUT2D eigenvalue weighted by atomic mass is 10.2. The lowest BCUT2D eigenvalue weighted by molar-refractivity contribution is 0.0820. The molecule has 0 fully saturated rings. The lowest BCUT2D eigenvalue weighted by Gasteiger charge is -2.13. The molecule has 18 heavy (non-hydrogen) atoms. The van der Waals surface area contributed by atoms with Crippen LogP contribution in [0.4, 0.5) is 5.69 Å². The van der Waals surface area contributed by atoms with Crippen LogP contribution in [0.25, 0.3) is 0 Å². The molecule has 2 N–H and O–H groups in total. The molecule has 0 spiro atoms. The Morgan fingerprint density at radius 3 is 2.39 bits per heavy atom. The molecule has 0 radical (unpaired) electrons. The predicted molar refractivity (Wildman–Crippen MR) is 73.2 cm³/mol. The molecule has 1 aromatic carbocycles. The van der Waals surface area contributed by atoms with Gasteiger partial charge in [-0.2, -0.15) is 0 Å². The fraction of sp³-hybridized carbons (Fsp3) is 0.571. The molecule has 0 amide bonds. The molecule has 1 rings (SSSR count). The Morgan fingerprint density at radius 2 is 1.78 bits per heavy atom. The van der Waals surface area contributed by atoms with Crippen molar-refractivity contribution in [3.8, 4) is 11.5 Å². The van der Waals surface area contributed by atoms with Crippen molar-refractivity contribution in [1.29, 1.82) is 0 Å². The zero-order valence-electron chi connectivity index (χ0n) is 11.4. The van der Waals surface area contributed by atoms with Crippen LogP contribution in [0.15, 0.2) is 18.2 Å². The molecule has 0 aliphatic rings. The number of benzene rings is 1. The van der Waals surface area contributed by atoms with Crippen LogP contribution in [-0.4, -0.2) is 26.4 Å². The van der Waals surface area contributed by atoms with Gasteiger partial charge in [-0.25, -0.2) is 0 Å². The van der Waals surface area contributed by atoms with E-state index in [4.69, 9.17) is 19.9 Å². The minimum atomic E-state index is 0.493. The summed E-state index contributed by atoms with van der Waals surface area (Å²) in [7, 11) is 0. The Morgan fingerprint density at radius 1 is 1.11 bits per heavy atom. The van der Waals surface area contributed by atoms with Crippen molar-refractivity contribution < 1.29 is 14.2 Å². The Hall–Kier alpha value is -1.42. The Balaban J connectivity index is 2.40. The first-order valence-corrected chi connectivity index (χ1v) is 6.37. The van der Waals surface area contributed by atoms with Crippen molar-refractivity contribution in [3.63, 3.8) is 0 Å². The van der Waals surface area contributed by atoms with Crippen LogP contribution < -0.4 is 15.2 Å². The third-order valence-electron chi connectivity index (χ3n) is 2.26. The van der Waals surface area contributed by atoms with Gasteiger partial charge in [-0.3, -0.25) is 0 Å². The van der Waals surface area contributed by atoms with E-state index in [0.29, 0.717) is 42.9 Å². The molecule has 0 atom stereocenters. The fourth-order valence-corrected chi connectivity index (χ4v) is 1.46. The largest absolute Gasteiger partial charge is 0.492 e. The predicted octanol–water partition coefficient (Wildman–Crippen LogP) is 2.72. The van der Waals surface area contributed by atoms with E-state index >= 15 is 0 Å². The molecule has 0 saturated heterocycles. The number of rotatable bonds is 8. The number of para-hydroxylation sites is 1. The van der Waals surface area contributed by atoms with E-state index in [1.807, 2.05) is 25.1 Å². The normalized spacial score (nSPS) is 10.7. The van der Waals surface area contributed by atoms with Crippen molar-refractivity contribution in [2.24, 2.45) is 5.92 Å². The van der Waals surface area contributed by atoms with Crippen LogP contribution in [0.2, 0.25) is 0 Å². The van der Waals surface area contributed by atoms with Crippen LogP contribution >= 0.6 is 0 Å². The zero-order chi connectivity index (χ0) is 13.4. The summed E-state index contributed by atoms with van der Waals surface area (Å²) in [4.78, 5) is 0. The molecular weight excluding hydrogens is 230 g/mol. The molecule has 0 aromatic heterocycles. The molecule has 1 aromatic rings. The van der Waals surface area contributed by atoms with Gasteiger partial charge in [-0.1, -0.05) is 19.9 Å². The number of hydrogen-bond acceptors (Lipinski definition) is 4. The van der Waals surface area contributed by atoms with Gasteiger partial charge in [0.25, 0.3) is 0 Å². The molecule has 0 bridgehead atoms. The van der Waals surface area contributed by atoms with E-state index in [2.05, 4.69) is 13.8 Å². The molecular formula is C14H23NO3. The minimum Gasteiger partial charge on any atom is -0.492 e. The fourth-order valence-electron chi connectivity index (χ4n) is 1.46. The highest BCUT2D eigenvalue weighted by Crippen LogP contribution is 2.31. The Labute approximate surface area is 109 Å². The molecule has 0 aliphatic carbocycles. The smallest absolute Gasteiger partial charge is 0.146 e. The molecule has 4 nitrogen and oxygen atoms in total. The lowest BCUT2D eigenvalue weighted by Crippen LogP contribution is -2.11. The van der Waals surface area contributed by atoms with Gasteiger partial charge >= 0.3 is 0 Å². The molecule has 0 unspecified atom stereocenters. The number of anilines is 1. The molecule has 102 valence electrons. The number of hydrogen-bond donors (Lipinski definition) is 1. The summed E-state index contributed by atoms with van der Waals surface area (Å²) in [6.07, 6.45) is 0. The van der Waals surface area contributed by atoms with E-state index in [1.165, 1.54) is 0 Å². The zero-order valence-corrected chi connectivity index (χ0v) is 11.4. The number of ether oxygens (including phenoxy) is 3. The maximum atomic E-state index is 5.94. The quantitative estimate of drug-likeness (QED) is 0.571. The third kappa shape index (κ3) is 4.84. The molecule has 4 heteroatoms. The van der Waals surface area contributed by atoms with Gasteiger partial charge in [-0.05, 0) is 25.0 Å². The maximum Gasteiger partial charge on any atom is 0.146 e. The second kappa shape index (κ2) is 7.82. The van der Waals surface area contributed by atoms with Gasteiger partial charge in [0.15, 0.2) is 0 Å². The van der Waals surface area contributed by atoms with E-state index < -0.39 is 0 Å². The molecule has 0 saturated carbocycles. The second-order valence-electron chi connectivity index (χ2n) is 4.42. The van der Waals surface area contributed by atoms with Crippen LogP contribution in [-0.2, 0) is 4.74 Å². The summed E-state index contributed by atoms with van der Waals surface area (Å²) >= 11 is 0. The van der Waals surface area contributed by atoms with E-state index in [1.54, 1.807) is 0 Å². The van der Waals surface area contributed by atoms with E-state index in [-0.39, 0.29) is 0 Å². The second-order valence-corrected chi connectivity index (χ2v) is 4.42. The highest BCUT2D eigenvalue weighted by atomic mass is 16.5. The van der Waals surface area contributed by atoms with Crippen molar-refractivity contribution >= 4 is 5.69 Å². The summed E-state index contributed by atoms with van der Waals surface area (Å²) in [5.74, 6) is 1.85. The van der Waals surface area contributed by atoms with Crippen LogP contribution in [0.1, 0.15) is 20.8 Å². The summed E-state index contributed by atoms with van der Waals surface area (Å²) in [6.45, 7) is 8.55. The van der Waals surface area contributed by atoms with Crippen molar-refractivity contribution in [3.05, 3.63) is 18.2 Å². The topological polar surface area (TPSA) is 53.7 Å². The first kappa shape index (κ1) is 14.6. The monoisotopic (exact) mass is 253 g/mol. The standard InChI is InChI=1S/C14H23NO3/c1-4-17-12-6-5-7-13(14(12)15)18-9-8-16-10-11(2)3/h5-7,11H,4,8-10,15H2,1-3H3. The molecule has 0 heterocycles. The SMILES string of the molecule is CCOc1cccc(OCCOCC(C)C)c1N. The van der Waals surface area contributed by atoms with Crippen molar-refractivity contribution in [2.45, 2.75) is 20.8 Å². The van der Waals surface area contributed by atoms with Gasteiger partial charge in [0, 0.05) is 6.61 Å². The van der Waals surface area contributed by atoms with E-state index in [0.717, 1.165) is 6.61 Å². The first-order valence-electron chi connectivity index (χ1n) is 6.37. The summed E-state index contributed by atoms with van der Waals surface area (Å²) in [6, 6.07) is 5.53. The van der Waals surface area contributed by atoms with Gasteiger partial charge in [0.1, 0.15) is 23.8 Å². The van der Waals surface area contributed by atoms with Crippen molar-refractivity contribution in [2.75, 3.05) is 32.2 Å². The Kier molecular flexibility index (Phi) is 6.36. The van der Waals surface area contributed by atoms with Crippen LogP contribution in [0.3, 0.4) is 0 Å². The minimum absolute atomic E-state index is 0.493. The van der Waals surface area contributed by atoms with Crippen LogP contribution in [0, 0.1) is 5.92 Å². The third-order valence-corrected chi connectivity index (χ3v) is 2.26. The Bertz CT molecular complexity index is 353. The van der Waals surface area contributed by atoms with Gasteiger partial charge in [0.2, 0.25) is 0 Å². The van der Waals surface area contributed by atoms with Crippen molar-refractivity contribution in [1.82, 2.24) is 0 Å². The van der Waals surface area contributed by atoms with Crippen LogP contribution in [0.5, 0.6) is 11.5 Å². The maximum absolute atomic E-state index is 5.94. The van der Waals surface area contributed by atoms with Gasteiger partial charge in [0.05, 0.1) is 13.2 Å². The summed E-state index contributed by atoms with van der Waals surface area (Å²) < 4.78 is 16.4. The highest BCUT2D eigenvalue weighted by Gasteiger charge is 2.06. The number of nitrogens with two attached hydrogens (primary N) is 1.